The van der Waals surface area contributed by atoms with Crippen molar-refractivity contribution in [3.8, 4) is 34.6 Å². The van der Waals surface area contributed by atoms with E-state index in [0.29, 0.717) is 22.5 Å². The largest absolute Gasteiger partial charge is 0.456 e. The molecule has 6 heteroatoms. The molecule has 0 radical (unpaired) electrons. The summed E-state index contributed by atoms with van der Waals surface area (Å²) in [6.45, 7) is 12.0. The molecule has 37 heavy (non-hydrogen) atoms. The molecule has 4 rings (SSSR count). The van der Waals surface area contributed by atoms with E-state index in [-0.39, 0.29) is 0 Å². The topological polar surface area (TPSA) is 84.0 Å². The van der Waals surface area contributed by atoms with Gasteiger partial charge in [0, 0.05) is 53.0 Å². The maximum absolute atomic E-state index is 13.2. The van der Waals surface area contributed by atoms with Crippen molar-refractivity contribution in [3.05, 3.63) is 71.6 Å². The van der Waals surface area contributed by atoms with E-state index >= 15 is 0 Å². The van der Waals surface area contributed by atoms with Gasteiger partial charge in [-0.2, -0.15) is 10.5 Å². The van der Waals surface area contributed by atoms with Gasteiger partial charge in [0.15, 0.2) is 11.7 Å². The van der Waals surface area contributed by atoms with Crippen LogP contribution in [0.3, 0.4) is 0 Å². The summed E-state index contributed by atoms with van der Waals surface area (Å²) in [5.41, 5.74) is 4.52. The predicted octanol–water partition coefficient (Wildman–Crippen LogP) is 5.71. The van der Waals surface area contributed by atoms with Gasteiger partial charge >= 0.3 is 0 Å². The minimum Gasteiger partial charge on any atom is -0.456 e. The van der Waals surface area contributed by atoms with Gasteiger partial charge in [-0.1, -0.05) is 24.3 Å². The Balaban J connectivity index is 2.12. The average Bonchev–Trinajstić information content (AvgIpc) is 2.93. The summed E-state index contributed by atoms with van der Waals surface area (Å²) < 4.78 is 8.77. The van der Waals surface area contributed by atoms with Gasteiger partial charge in [-0.15, -0.1) is 0 Å². The first-order chi connectivity index (χ1) is 18.0. The maximum Gasteiger partial charge on any atom is 0.203 e. The molecule has 6 nitrogen and oxygen atoms in total. The second kappa shape index (κ2) is 11.1. The van der Waals surface area contributed by atoms with Crippen LogP contribution in [0.2, 0.25) is 0 Å². The molecule has 2 aromatic carbocycles. The van der Waals surface area contributed by atoms with E-state index in [9.17, 15) is 15.3 Å². The highest BCUT2D eigenvalue weighted by molar-refractivity contribution is 6.11. The van der Waals surface area contributed by atoms with E-state index in [1.165, 1.54) is 0 Å². The molecule has 0 unspecified atom stereocenters. The summed E-state index contributed by atoms with van der Waals surface area (Å²) in [5, 5.41) is 20.7. The van der Waals surface area contributed by atoms with Gasteiger partial charge < -0.3 is 9.32 Å². The van der Waals surface area contributed by atoms with Crippen LogP contribution in [0, 0.1) is 28.6 Å². The molecule has 2 aliphatic rings. The van der Waals surface area contributed by atoms with Crippen LogP contribution in [0.4, 0.5) is 5.69 Å². The monoisotopic (exact) mass is 491 g/mol. The van der Waals surface area contributed by atoms with E-state index in [1.807, 2.05) is 48.5 Å². The SMILES string of the molecule is CCN(CC)c1ccc2c(-c3ccccc3C(=O)C(C#N)C#N)c3ccc(=[N+](CC)CC)cc-3oc2c1. The minimum atomic E-state index is -1.37. The number of carbonyl (C=O) groups is 1. The fourth-order valence-corrected chi connectivity index (χ4v) is 4.95. The fourth-order valence-electron chi connectivity index (χ4n) is 4.95. The molecule has 1 heterocycles. The number of hydrogen-bond acceptors (Lipinski definition) is 5. The lowest BCUT2D eigenvalue weighted by Gasteiger charge is -2.22. The Morgan fingerprint density at radius 2 is 1.62 bits per heavy atom. The first-order valence-corrected chi connectivity index (χ1v) is 12.8. The molecular weight excluding hydrogens is 460 g/mol. The number of hydrogen-bond donors (Lipinski definition) is 0. The molecule has 0 atom stereocenters. The highest BCUT2D eigenvalue weighted by atomic mass is 16.3. The third-order valence-corrected chi connectivity index (χ3v) is 6.93. The van der Waals surface area contributed by atoms with Crippen LogP contribution in [0.1, 0.15) is 38.1 Å². The Bertz CT molecular complexity index is 1560. The number of benzene rings is 3. The summed E-state index contributed by atoms with van der Waals surface area (Å²) in [4.78, 5) is 15.5. The van der Waals surface area contributed by atoms with Crippen LogP contribution in [0.5, 0.6) is 0 Å². The van der Waals surface area contributed by atoms with Crippen LogP contribution >= 0.6 is 0 Å². The molecule has 0 spiro atoms. The van der Waals surface area contributed by atoms with Gasteiger partial charge in [0.05, 0.1) is 18.2 Å². The van der Waals surface area contributed by atoms with Gasteiger partial charge in [-0.25, -0.2) is 4.58 Å². The Hall–Kier alpha value is -4.42. The number of nitriles is 2. The maximum atomic E-state index is 13.2. The second-order valence-electron chi connectivity index (χ2n) is 8.78. The molecule has 0 amide bonds. The van der Waals surface area contributed by atoms with Crippen molar-refractivity contribution < 1.29 is 9.21 Å². The molecule has 0 fully saturated rings. The molecule has 1 aliphatic carbocycles. The Morgan fingerprint density at radius 3 is 2.27 bits per heavy atom. The quantitative estimate of drug-likeness (QED) is 0.179. The first kappa shape index (κ1) is 25.7. The summed E-state index contributed by atoms with van der Waals surface area (Å²) in [7, 11) is 0. The molecule has 186 valence electrons. The smallest absolute Gasteiger partial charge is 0.203 e. The molecular formula is C31H31N4O2+. The minimum absolute atomic E-state index is 0.352. The lowest BCUT2D eigenvalue weighted by Crippen LogP contribution is -2.29. The lowest BCUT2D eigenvalue weighted by atomic mass is 9.87. The van der Waals surface area contributed by atoms with Gasteiger partial charge in [0.1, 0.15) is 24.4 Å². The number of rotatable bonds is 8. The van der Waals surface area contributed by atoms with E-state index in [0.717, 1.165) is 53.7 Å². The number of Topliss-reactive ketones (excluding diaryl/α,β-unsaturated/α-hetero) is 1. The summed E-state index contributed by atoms with van der Waals surface area (Å²) in [5.74, 6) is -1.15. The zero-order valence-corrected chi connectivity index (χ0v) is 21.8. The van der Waals surface area contributed by atoms with Gasteiger partial charge in [0.25, 0.3) is 0 Å². The van der Waals surface area contributed by atoms with Crippen molar-refractivity contribution in [1.82, 2.24) is 4.58 Å². The highest BCUT2D eigenvalue weighted by Gasteiger charge is 2.26. The Labute approximate surface area is 217 Å². The van der Waals surface area contributed by atoms with Crippen LogP contribution in [-0.4, -0.2) is 32.0 Å². The Kier molecular flexibility index (Phi) is 7.70. The van der Waals surface area contributed by atoms with Crippen molar-refractivity contribution in [1.29, 1.82) is 10.5 Å². The number of carbonyl (C=O) groups excluding carboxylic acids is 1. The second-order valence-corrected chi connectivity index (χ2v) is 8.78. The standard InChI is InChI=1S/C31H31N4O2/c1-5-34(6-2)22-13-15-26-28(17-22)37-29-18-23(35(7-3)8-4)14-16-27(29)30(26)24-11-9-10-12-25(24)31(36)21(19-32)20-33/h9-18,21H,5-8H2,1-4H3/q+1. The van der Waals surface area contributed by atoms with Crippen molar-refractivity contribution in [2.24, 2.45) is 5.92 Å². The third kappa shape index (κ3) is 4.71. The average molecular weight is 492 g/mol. The van der Waals surface area contributed by atoms with Crippen LogP contribution < -0.4 is 14.8 Å². The normalized spacial score (nSPS) is 10.9. The van der Waals surface area contributed by atoms with E-state index in [4.69, 9.17) is 4.42 Å². The van der Waals surface area contributed by atoms with Gasteiger partial charge in [-0.05, 0) is 51.5 Å². The predicted molar refractivity (Wildman–Crippen MR) is 147 cm³/mol. The zero-order valence-electron chi connectivity index (χ0n) is 21.8. The third-order valence-electron chi connectivity index (χ3n) is 6.93. The van der Waals surface area contributed by atoms with Gasteiger partial charge in [0.2, 0.25) is 5.36 Å². The number of fused-ring (bicyclic) bond motifs is 2. The molecule has 0 saturated heterocycles. The first-order valence-electron chi connectivity index (χ1n) is 12.8. The summed E-state index contributed by atoms with van der Waals surface area (Å²) in [6, 6.07) is 23.2. The summed E-state index contributed by atoms with van der Waals surface area (Å²) in [6.07, 6.45) is 0. The number of nitrogens with zero attached hydrogens (tertiary/aromatic N) is 4. The van der Waals surface area contributed by atoms with E-state index in [1.54, 1.807) is 12.1 Å². The summed E-state index contributed by atoms with van der Waals surface area (Å²) >= 11 is 0. The molecule has 0 N–H and O–H groups in total. The molecule has 2 aromatic rings. The number of anilines is 1. The molecule has 0 saturated carbocycles. The highest BCUT2D eigenvalue weighted by Crippen LogP contribution is 2.42. The Morgan fingerprint density at radius 1 is 0.919 bits per heavy atom. The molecule has 0 bridgehead atoms. The number of ketones is 1. The van der Waals surface area contributed by atoms with Crippen molar-refractivity contribution in [3.63, 3.8) is 0 Å². The van der Waals surface area contributed by atoms with E-state index < -0.39 is 11.7 Å². The van der Waals surface area contributed by atoms with Crippen molar-refractivity contribution in [2.45, 2.75) is 27.7 Å². The lowest BCUT2D eigenvalue weighted by molar-refractivity contribution is 0.0971. The van der Waals surface area contributed by atoms with Crippen molar-refractivity contribution in [2.75, 3.05) is 31.1 Å². The van der Waals surface area contributed by atoms with Crippen LogP contribution in [0.15, 0.2) is 65.1 Å². The fraction of sp³-hybridized carbons (Fsp3) is 0.290. The van der Waals surface area contributed by atoms with E-state index in [2.05, 4.69) is 49.3 Å². The van der Waals surface area contributed by atoms with Gasteiger partial charge in [-0.3, -0.25) is 4.79 Å². The van der Waals surface area contributed by atoms with Crippen LogP contribution in [0.25, 0.3) is 33.4 Å². The van der Waals surface area contributed by atoms with Crippen molar-refractivity contribution >= 4 is 22.4 Å². The van der Waals surface area contributed by atoms with Crippen LogP contribution in [-0.2, 0) is 0 Å². The zero-order chi connectivity index (χ0) is 26.5. The molecule has 0 aromatic heterocycles. The molecule has 1 aliphatic heterocycles.